The Kier molecular flexibility index (Phi) is 8.65. The van der Waals surface area contributed by atoms with E-state index in [1.165, 1.54) is 12.4 Å². The van der Waals surface area contributed by atoms with Crippen LogP contribution in [0, 0.1) is 16.4 Å². The van der Waals surface area contributed by atoms with Gasteiger partial charge in [0.25, 0.3) is 5.91 Å². The molecule has 3 rings (SSSR count). The maximum Gasteiger partial charge on any atom is 0.271 e. The van der Waals surface area contributed by atoms with E-state index in [1.54, 1.807) is 13.0 Å². The number of halogens is 2. The minimum absolute atomic E-state index is 0.0523. The summed E-state index contributed by atoms with van der Waals surface area (Å²) in [6.45, 7) is 8.21. The van der Waals surface area contributed by atoms with E-state index in [1.807, 2.05) is 18.2 Å². The fraction of sp³-hybridized carbons (Fsp3) is 0.300. The van der Waals surface area contributed by atoms with E-state index in [9.17, 15) is 9.18 Å². The highest BCUT2D eigenvalue weighted by Crippen LogP contribution is 2.14. The predicted molar refractivity (Wildman–Crippen MR) is 117 cm³/mol. The fourth-order valence-electron chi connectivity index (χ4n) is 2.37. The maximum absolute atomic E-state index is 13.7. The zero-order valence-electron chi connectivity index (χ0n) is 16.1. The van der Waals surface area contributed by atoms with Gasteiger partial charge in [-0.2, -0.15) is 4.39 Å². The third kappa shape index (κ3) is 6.16. The summed E-state index contributed by atoms with van der Waals surface area (Å²) < 4.78 is 14.7. The highest BCUT2D eigenvalue weighted by Gasteiger charge is 2.12. The summed E-state index contributed by atoms with van der Waals surface area (Å²) in [6, 6.07) is 7.29. The molecule has 0 aliphatic carbocycles. The van der Waals surface area contributed by atoms with Gasteiger partial charge >= 0.3 is 0 Å². The molecule has 0 atom stereocenters. The first kappa shape index (κ1) is 22.1. The third-order valence-electron chi connectivity index (χ3n) is 3.90. The van der Waals surface area contributed by atoms with Crippen molar-refractivity contribution in [2.75, 3.05) is 13.1 Å². The molecular weight excluding hydrogens is 472 g/mol. The van der Waals surface area contributed by atoms with Crippen LogP contribution in [0.4, 0.5) is 4.39 Å². The predicted octanol–water partition coefficient (Wildman–Crippen LogP) is 3.62. The first-order chi connectivity index (χ1) is 13.5. The molecule has 1 aromatic carbocycles. The molecule has 2 heterocycles. The number of benzene rings is 1. The van der Waals surface area contributed by atoms with Gasteiger partial charge in [0.1, 0.15) is 5.69 Å². The molecule has 2 aromatic heterocycles. The first-order valence-corrected chi connectivity index (χ1v) is 10.0. The molecule has 0 aliphatic heterocycles. The van der Waals surface area contributed by atoms with Gasteiger partial charge < -0.3 is 10.6 Å². The van der Waals surface area contributed by atoms with Crippen molar-refractivity contribution in [3.63, 3.8) is 0 Å². The summed E-state index contributed by atoms with van der Waals surface area (Å²) in [5.41, 5.74) is 2.66. The fourth-order valence-corrected chi connectivity index (χ4v) is 2.85. The van der Waals surface area contributed by atoms with Crippen molar-refractivity contribution in [2.45, 2.75) is 27.3 Å². The van der Waals surface area contributed by atoms with Gasteiger partial charge in [0, 0.05) is 21.9 Å². The Morgan fingerprint density at radius 1 is 1.14 bits per heavy atom. The van der Waals surface area contributed by atoms with Crippen LogP contribution in [0.1, 0.15) is 35.5 Å². The van der Waals surface area contributed by atoms with Crippen LogP contribution < -0.4 is 10.6 Å². The van der Waals surface area contributed by atoms with Gasteiger partial charge in [-0.25, -0.2) is 9.97 Å². The van der Waals surface area contributed by atoms with Gasteiger partial charge in [0.15, 0.2) is 0 Å². The van der Waals surface area contributed by atoms with E-state index < -0.39 is 11.9 Å². The van der Waals surface area contributed by atoms with Crippen molar-refractivity contribution in [3.05, 3.63) is 63.0 Å². The summed E-state index contributed by atoms with van der Waals surface area (Å²) in [5, 5.41) is 5.76. The molecule has 3 aromatic rings. The van der Waals surface area contributed by atoms with Gasteiger partial charge in [0.2, 0.25) is 5.95 Å². The molecule has 0 aliphatic rings. The van der Waals surface area contributed by atoms with Crippen LogP contribution in [-0.4, -0.2) is 33.9 Å². The Balaban J connectivity index is 0.000000500. The van der Waals surface area contributed by atoms with Crippen LogP contribution in [0.3, 0.4) is 0 Å². The summed E-state index contributed by atoms with van der Waals surface area (Å²) in [7, 11) is 0. The Morgan fingerprint density at radius 3 is 2.54 bits per heavy atom. The number of carbonyl (C=O) groups is 1. The molecule has 0 fully saturated rings. The van der Waals surface area contributed by atoms with E-state index in [0.29, 0.717) is 11.1 Å². The first-order valence-electron chi connectivity index (χ1n) is 8.97. The minimum atomic E-state index is -0.579. The zero-order chi connectivity index (χ0) is 20.5. The van der Waals surface area contributed by atoms with Crippen LogP contribution in [0.25, 0.3) is 11.0 Å². The van der Waals surface area contributed by atoms with Crippen molar-refractivity contribution in [1.29, 1.82) is 0 Å². The highest BCUT2D eigenvalue weighted by atomic mass is 127. The number of rotatable bonds is 5. The van der Waals surface area contributed by atoms with Gasteiger partial charge in [-0.15, -0.1) is 0 Å². The largest absolute Gasteiger partial charge is 0.346 e. The summed E-state index contributed by atoms with van der Waals surface area (Å²) in [5.74, 6) is -0.981. The number of aryl methyl sites for hydroxylation is 1. The zero-order valence-corrected chi connectivity index (χ0v) is 18.2. The smallest absolute Gasteiger partial charge is 0.271 e. The number of aromatic nitrogens is 3. The van der Waals surface area contributed by atoms with Crippen LogP contribution in [0.15, 0.2) is 36.7 Å². The molecule has 0 bridgehead atoms. The molecule has 2 N–H and O–H groups in total. The maximum atomic E-state index is 13.7. The molecule has 0 radical (unpaired) electrons. The standard InChI is InChI=1S/C16H12FIN4O.C4H11N/c1-9-4-5-19-15(17)11(9)7-21-16(23)14-8-20-13-6-10(18)2-3-12(13)22-14;1-3-5-4-2/h2-6,8H,7H2,1H3,(H,21,23);5H,3-4H2,1-2H3. The van der Waals surface area contributed by atoms with Gasteiger partial charge in [-0.3, -0.25) is 9.78 Å². The molecule has 6 nitrogen and oxygen atoms in total. The molecule has 0 spiro atoms. The van der Waals surface area contributed by atoms with Gasteiger partial charge in [0.05, 0.1) is 17.2 Å². The highest BCUT2D eigenvalue weighted by molar-refractivity contribution is 14.1. The SMILES string of the molecule is CCNCC.Cc1ccnc(F)c1CNC(=O)c1cnc2cc(I)ccc2n1. The summed E-state index contributed by atoms with van der Waals surface area (Å²) >= 11 is 2.19. The summed E-state index contributed by atoms with van der Waals surface area (Å²) in [6.07, 6.45) is 2.81. The molecule has 0 saturated carbocycles. The third-order valence-corrected chi connectivity index (χ3v) is 4.57. The molecule has 1 amide bonds. The molecule has 8 heteroatoms. The summed E-state index contributed by atoms with van der Waals surface area (Å²) in [4.78, 5) is 24.3. The monoisotopic (exact) mass is 495 g/mol. The van der Waals surface area contributed by atoms with Crippen molar-refractivity contribution < 1.29 is 9.18 Å². The normalized spacial score (nSPS) is 10.3. The van der Waals surface area contributed by atoms with E-state index in [0.717, 1.165) is 27.7 Å². The molecule has 0 saturated heterocycles. The second kappa shape index (κ2) is 11.0. The topological polar surface area (TPSA) is 79.8 Å². The van der Waals surface area contributed by atoms with Crippen molar-refractivity contribution in [3.8, 4) is 0 Å². The lowest BCUT2D eigenvalue weighted by Crippen LogP contribution is -2.25. The average Bonchev–Trinajstić information content (AvgIpc) is 2.68. The Labute approximate surface area is 177 Å². The lowest BCUT2D eigenvalue weighted by Gasteiger charge is -2.08. The molecule has 0 unspecified atom stereocenters. The number of pyridine rings is 1. The quantitative estimate of drug-likeness (QED) is 0.418. The van der Waals surface area contributed by atoms with Crippen LogP contribution in [-0.2, 0) is 6.54 Å². The van der Waals surface area contributed by atoms with Crippen molar-refractivity contribution in [2.24, 2.45) is 0 Å². The minimum Gasteiger partial charge on any atom is -0.346 e. The van der Waals surface area contributed by atoms with E-state index >= 15 is 0 Å². The van der Waals surface area contributed by atoms with Crippen molar-refractivity contribution in [1.82, 2.24) is 25.6 Å². The number of amides is 1. The Bertz CT molecular complexity index is 929. The van der Waals surface area contributed by atoms with Crippen LogP contribution in [0.2, 0.25) is 0 Å². The second-order valence-electron chi connectivity index (χ2n) is 5.93. The number of hydrogen-bond donors (Lipinski definition) is 2. The van der Waals surface area contributed by atoms with Gasteiger partial charge in [-0.05, 0) is 72.4 Å². The Morgan fingerprint density at radius 2 is 1.89 bits per heavy atom. The number of nitrogens with one attached hydrogen (secondary N) is 2. The lowest BCUT2D eigenvalue weighted by molar-refractivity contribution is 0.0945. The van der Waals surface area contributed by atoms with Crippen molar-refractivity contribution >= 4 is 39.5 Å². The van der Waals surface area contributed by atoms with E-state index in [2.05, 4.69) is 62.0 Å². The number of nitrogens with zero attached hydrogens (tertiary/aromatic N) is 3. The van der Waals surface area contributed by atoms with E-state index in [4.69, 9.17) is 0 Å². The van der Waals surface area contributed by atoms with Gasteiger partial charge in [-0.1, -0.05) is 13.8 Å². The number of fused-ring (bicyclic) bond motifs is 1. The second-order valence-corrected chi connectivity index (χ2v) is 7.17. The molecular formula is C20H23FIN5O. The van der Waals surface area contributed by atoms with Crippen LogP contribution >= 0.6 is 22.6 Å². The lowest BCUT2D eigenvalue weighted by atomic mass is 10.1. The Hall–Kier alpha value is -2.20. The van der Waals surface area contributed by atoms with Crippen LogP contribution in [0.5, 0.6) is 0 Å². The van der Waals surface area contributed by atoms with E-state index in [-0.39, 0.29) is 12.2 Å². The number of carbonyl (C=O) groups excluding carboxylic acids is 1. The average molecular weight is 495 g/mol. The molecule has 28 heavy (non-hydrogen) atoms. The molecule has 148 valence electrons. The number of hydrogen-bond acceptors (Lipinski definition) is 5.